The van der Waals surface area contributed by atoms with E-state index in [-0.39, 0.29) is 16.7 Å². The monoisotopic (exact) mass is 330 g/mol. The predicted octanol–water partition coefficient (Wildman–Crippen LogP) is 4.12. The van der Waals surface area contributed by atoms with Crippen molar-refractivity contribution in [1.29, 1.82) is 0 Å². The number of nitrogens with zero attached hydrogens (tertiary/aromatic N) is 1. The van der Waals surface area contributed by atoms with E-state index in [0.717, 1.165) is 30.3 Å². The largest absolute Gasteiger partial charge is 0.366 e. The van der Waals surface area contributed by atoms with Gasteiger partial charge >= 0.3 is 0 Å². The third-order valence-corrected chi connectivity index (χ3v) is 5.48. The number of thioether (sulfide) groups is 1. The number of imide groups is 1. The molecule has 1 saturated heterocycles. The lowest BCUT2D eigenvalue weighted by Gasteiger charge is -2.47. The molecular formula is C18H22N2O2S. The summed E-state index contributed by atoms with van der Waals surface area (Å²) in [6, 6.07) is 6.32. The first kappa shape index (κ1) is 16.1. The first-order valence-electron chi connectivity index (χ1n) is 7.98. The highest BCUT2D eigenvalue weighted by Gasteiger charge is 2.35. The van der Waals surface area contributed by atoms with Crippen LogP contribution in [0.5, 0.6) is 0 Å². The van der Waals surface area contributed by atoms with Crippen LogP contribution in [0, 0.1) is 0 Å². The molecule has 2 amide bonds. The van der Waals surface area contributed by atoms with Crippen molar-refractivity contribution in [2.24, 2.45) is 0 Å². The molecule has 2 heterocycles. The molecule has 1 aromatic carbocycles. The van der Waals surface area contributed by atoms with Crippen LogP contribution in [0.25, 0.3) is 6.08 Å². The molecule has 1 aromatic rings. The highest BCUT2D eigenvalue weighted by Crippen LogP contribution is 2.43. The van der Waals surface area contributed by atoms with Crippen LogP contribution in [0.2, 0.25) is 0 Å². The van der Waals surface area contributed by atoms with Gasteiger partial charge in [0.25, 0.3) is 11.1 Å². The van der Waals surface area contributed by atoms with E-state index in [9.17, 15) is 9.59 Å². The van der Waals surface area contributed by atoms with Crippen LogP contribution in [0.15, 0.2) is 23.1 Å². The predicted molar refractivity (Wildman–Crippen MR) is 95.7 cm³/mol. The number of amides is 2. The lowest BCUT2D eigenvalue weighted by molar-refractivity contribution is -0.115. The Labute approximate surface area is 141 Å². The molecule has 1 atom stereocenters. The summed E-state index contributed by atoms with van der Waals surface area (Å²) in [5, 5.41) is 1.99. The van der Waals surface area contributed by atoms with E-state index in [2.05, 4.69) is 50.0 Å². The first-order valence-corrected chi connectivity index (χ1v) is 8.80. The highest BCUT2D eigenvalue weighted by atomic mass is 32.2. The minimum Gasteiger partial charge on any atom is -0.366 e. The van der Waals surface area contributed by atoms with Gasteiger partial charge in [0, 0.05) is 17.8 Å². The van der Waals surface area contributed by atoms with Crippen molar-refractivity contribution in [1.82, 2.24) is 5.32 Å². The van der Waals surface area contributed by atoms with E-state index < -0.39 is 0 Å². The molecule has 122 valence electrons. The molecule has 1 N–H and O–H groups in total. The number of carbonyl (C=O) groups excluding carboxylic acids is 2. The summed E-state index contributed by atoms with van der Waals surface area (Å²) in [4.78, 5) is 25.9. The Morgan fingerprint density at radius 3 is 2.74 bits per heavy atom. The van der Waals surface area contributed by atoms with Gasteiger partial charge in [0.05, 0.1) is 4.91 Å². The Bertz CT molecular complexity index is 709. The second-order valence-corrected chi connectivity index (χ2v) is 7.85. The van der Waals surface area contributed by atoms with Gasteiger partial charge in [0.2, 0.25) is 0 Å². The molecule has 5 heteroatoms. The van der Waals surface area contributed by atoms with Crippen LogP contribution in [0.1, 0.15) is 51.2 Å². The molecule has 23 heavy (non-hydrogen) atoms. The number of rotatable bonds is 2. The number of carbonyl (C=O) groups is 2. The normalized spacial score (nSPS) is 24.8. The minimum atomic E-state index is -0.304. The average molecular weight is 330 g/mol. The molecule has 4 nitrogen and oxygen atoms in total. The number of hydrogen-bond donors (Lipinski definition) is 1. The Morgan fingerprint density at radius 2 is 2.13 bits per heavy atom. The Hall–Kier alpha value is -1.75. The van der Waals surface area contributed by atoms with Crippen molar-refractivity contribution in [3.05, 3.63) is 34.2 Å². The fourth-order valence-corrected chi connectivity index (χ4v) is 4.45. The van der Waals surface area contributed by atoms with E-state index in [1.54, 1.807) is 6.08 Å². The van der Waals surface area contributed by atoms with Crippen molar-refractivity contribution in [3.8, 4) is 0 Å². The van der Waals surface area contributed by atoms with Gasteiger partial charge in [-0.3, -0.25) is 14.9 Å². The van der Waals surface area contributed by atoms with Crippen molar-refractivity contribution >= 4 is 34.7 Å². The Kier molecular flexibility index (Phi) is 4.00. The van der Waals surface area contributed by atoms with Crippen LogP contribution < -0.4 is 10.2 Å². The van der Waals surface area contributed by atoms with Gasteiger partial charge in [-0.1, -0.05) is 13.0 Å². The molecular weight excluding hydrogens is 308 g/mol. The van der Waals surface area contributed by atoms with Crippen molar-refractivity contribution in [2.45, 2.75) is 45.6 Å². The second-order valence-electron chi connectivity index (χ2n) is 6.83. The van der Waals surface area contributed by atoms with Gasteiger partial charge < -0.3 is 4.90 Å². The summed E-state index contributed by atoms with van der Waals surface area (Å²) < 4.78 is 0. The fourth-order valence-electron chi connectivity index (χ4n) is 3.77. The Morgan fingerprint density at radius 1 is 1.39 bits per heavy atom. The quantitative estimate of drug-likeness (QED) is 0.829. The zero-order valence-electron chi connectivity index (χ0n) is 14.0. The van der Waals surface area contributed by atoms with Crippen molar-refractivity contribution in [2.75, 3.05) is 11.4 Å². The summed E-state index contributed by atoms with van der Waals surface area (Å²) in [6.07, 6.45) is 2.90. The van der Waals surface area contributed by atoms with Gasteiger partial charge in [-0.2, -0.15) is 0 Å². The van der Waals surface area contributed by atoms with Crippen molar-refractivity contribution < 1.29 is 9.59 Å². The molecule has 1 fully saturated rings. The van der Waals surface area contributed by atoms with E-state index in [1.165, 1.54) is 11.3 Å². The van der Waals surface area contributed by atoms with Crippen molar-refractivity contribution in [3.63, 3.8) is 0 Å². The number of fused-ring (bicyclic) bond motifs is 1. The van der Waals surface area contributed by atoms with Crippen LogP contribution in [0.3, 0.4) is 0 Å². The zero-order valence-corrected chi connectivity index (χ0v) is 14.8. The summed E-state index contributed by atoms with van der Waals surface area (Å²) in [6.45, 7) is 9.99. The molecule has 2 aliphatic rings. The molecule has 0 bridgehead atoms. The number of benzene rings is 1. The highest BCUT2D eigenvalue weighted by molar-refractivity contribution is 8.18. The number of anilines is 1. The van der Waals surface area contributed by atoms with E-state index in [0.29, 0.717) is 10.8 Å². The van der Waals surface area contributed by atoms with Crippen LogP contribution in [-0.2, 0) is 4.79 Å². The van der Waals surface area contributed by atoms with Gasteiger partial charge in [-0.15, -0.1) is 0 Å². The summed E-state index contributed by atoms with van der Waals surface area (Å²) >= 11 is 0.963. The van der Waals surface area contributed by atoms with Gasteiger partial charge in [0.15, 0.2) is 0 Å². The first-order chi connectivity index (χ1) is 10.8. The summed E-state index contributed by atoms with van der Waals surface area (Å²) in [5.41, 5.74) is 3.71. The molecule has 0 radical (unpaired) electrons. The average Bonchev–Trinajstić information content (AvgIpc) is 2.77. The lowest BCUT2D eigenvalue weighted by Crippen LogP contribution is -2.48. The maximum absolute atomic E-state index is 11.7. The third-order valence-electron chi connectivity index (χ3n) is 4.67. The van der Waals surface area contributed by atoms with Gasteiger partial charge in [-0.05, 0) is 74.2 Å². The van der Waals surface area contributed by atoms with E-state index in [1.807, 2.05) is 6.07 Å². The maximum Gasteiger partial charge on any atom is 0.290 e. The van der Waals surface area contributed by atoms with Crippen LogP contribution >= 0.6 is 11.8 Å². The second kappa shape index (κ2) is 5.71. The lowest BCUT2D eigenvalue weighted by atomic mass is 9.79. The Balaban J connectivity index is 2.00. The summed E-state index contributed by atoms with van der Waals surface area (Å²) in [7, 11) is 0. The zero-order chi connectivity index (χ0) is 16.8. The molecule has 0 aromatic heterocycles. The topological polar surface area (TPSA) is 49.4 Å². The number of hydrogen-bond acceptors (Lipinski definition) is 4. The van der Waals surface area contributed by atoms with Gasteiger partial charge in [-0.25, -0.2) is 0 Å². The third kappa shape index (κ3) is 2.90. The van der Waals surface area contributed by atoms with Crippen LogP contribution in [-0.4, -0.2) is 23.2 Å². The smallest absolute Gasteiger partial charge is 0.290 e. The SMILES string of the molecule is CCN1c2ccc(/C=C3/SC(=O)NC3=O)cc2[C@H](C)CC1(C)C. The molecule has 0 spiro atoms. The minimum absolute atomic E-state index is 0.148. The molecule has 0 unspecified atom stereocenters. The number of nitrogens with one attached hydrogen (secondary N) is 1. The molecule has 3 rings (SSSR count). The molecule has 0 aliphatic carbocycles. The fraction of sp³-hybridized carbons (Fsp3) is 0.444. The molecule has 0 saturated carbocycles. The molecule has 2 aliphatic heterocycles. The summed E-state index contributed by atoms with van der Waals surface area (Å²) in [5.74, 6) is 0.162. The van der Waals surface area contributed by atoms with E-state index >= 15 is 0 Å². The van der Waals surface area contributed by atoms with Gasteiger partial charge in [0.1, 0.15) is 0 Å². The maximum atomic E-state index is 11.7. The standard InChI is InChI=1S/C18H22N2O2S/c1-5-20-14-7-6-12(9-15-16(21)19-17(22)23-15)8-13(14)11(2)10-18(20,3)4/h6-9,11H,5,10H2,1-4H3,(H,19,21,22)/b15-9+/t11-/m1/s1. The van der Waals surface area contributed by atoms with E-state index in [4.69, 9.17) is 0 Å². The van der Waals surface area contributed by atoms with Crippen LogP contribution in [0.4, 0.5) is 10.5 Å².